The van der Waals surface area contributed by atoms with E-state index in [1.165, 1.54) is 43.9 Å². The Labute approximate surface area is 146 Å². The van der Waals surface area contributed by atoms with Crippen LogP contribution >= 0.6 is 61.1 Å². The zero-order chi connectivity index (χ0) is 13.1. The Morgan fingerprint density at radius 3 is 2.21 bits per heavy atom. The second-order valence-corrected chi connectivity index (χ2v) is 7.74. The van der Waals surface area contributed by atoms with Gasteiger partial charge in [-0.25, -0.2) is 0 Å². The molecule has 0 saturated heterocycles. The molecule has 0 aromatic heterocycles. The quantitative estimate of drug-likeness (QED) is 0.178. The lowest BCUT2D eigenvalue weighted by atomic mass is 9.94. The summed E-state index contributed by atoms with van der Waals surface area (Å²) in [5, 5.41) is 8.11. The highest BCUT2D eigenvalue weighted by molar-refractivity contribution is 14.1. The van der Waals surface area contributed by atoms with Gasteiger partial charge in [0.2, 0.25) is 0 Å². The second kappa shape index (κ2) is 4.43. The minimum absolute atomic E-state index is 1.17. The van der Waals surface area contributed by atoms with Crippen LogP contribution in [0.25, 0.3) is 32.3 Å². The fourth-order valence-electron chi connectivity index (χ4n) is 2.77. The van der Waals surface area contributed by atoms with Gasteiger partial charge in [-0.1, -0.05) is 30.3 Å². The number of rotatable bonds is 0. The first kappa shape index (κ1) is 12.6. The van der Waals surface area contributed by atoms with Crippen molar-refractivity contribution in [2.45, 2.75) is 0 Å². The van der Waals surface area contributed by atoms with Crippen LogP contribution in [-0.4, -0.2) is 0 Å². The molecule has 0 unspecified atom stereocenters. The van der Waals surface area contributed by atoms with Crippen LogP contribution < -0.4 is 0 Å². The number of halogens is 3. The largest absolute Gasteiger partial charge is 0.0537 e. The van der Waals surface area contributed by atoms with Crippen molar-refractivity contribution in [2.75, 3.05) is 0 Å². The lowest BCUT2D eigenvalue weighted by Gasteiger charge is -2.13. The highest BCUT2D eigenvalue weighted by Crippen LogP contribution is 2.40. The summed E-state index contributed by atoms with van der Waals surface area (Å²) >= 11 is 8.51. The highest BCUT2D eigenvalue weighted by Gasteiger charge is 2.13. The van der Waals surface area contributed by atoms with Gasteiger partial charge in [0.05, 0.1) is 0 Å². The molecular formula is C16H7BrI2. The minimum Gasteiger partial charge on any atom is -0.0537 e. The molecule has 0 aliphatic heterocycles. The summed E-state index contributed by atoms with van der Waals surface area (Å²) < 4.78 is 3.78. The van der Waals surface area contributed by atoms with E-state index >= 15 is 0 Å². The third kappa shape index (κ3) is 1.74. The lowest BCUT2D eigenvalue weighted by Crippen LogP contribution is -1.88. The minimum atomic E-state index is 1.17. The van der Waals surface area contributed by atoms with Crippen molar-refractivity contribution < 1.29 is 0 Å². The van der Waals surface area contributed by atoms with Gasteiger partial charge in [-0.15, -0.1) is 0 Å². The molecule has 0 aliphatic rings. The summed E-state index contributed by atoms with van der Waals surface area (Å²) in [6, 6.07) is 15.6. The molecular weight excluding hydrogens is 526 g/mol. The molecule has 0 saturated carbocycles. The van der Waals surface area contributed by atoms with Gasteiger partial charge in [0.15, 0.2) is 0 Å². The van der Waals surface area contributed by atoms with E-state index in [-0.39, 0.29) is 0 Å². The van der Waals surface area contributed by atoms with Crippen LogP contribution in [0.2, 0.25) is 0 Å². The first-order valence-electron chi connectivity index (χ1n) is 5.88. The summed E-state index contributed by atoms with van der Waals surface area (Å²) in [5.41, 5.74) is 0. The average Bonchev–Trinajstić information content (AvgIpc) is 2.42. The molecule has 0 heterocycles. The maximum Gasteiger partial charge on any atom is 0.0351 e. The average molecular weight is 533 g/mol. The van der Waals surface area contributed by atoms with E-state index in [1.807, 2.05) is 0 Å². The van der Waals surface area contributed by atoms with Crippen LogP contribution in [0.15, 0.2) is 46.9 Å². The van der Waals surface area contributed by atoms with Crippen molar-refractivity contribution in [1.82, 2.24) is 0 Å². The van der Waals surface area contributed by atoms with Gasteiger partial charge in [-0.2, -0.15) is 0 Å². The van der Waals surface area contributed by atoms with E-state index in [1.54, 1.807) is 0 Å². The van der Waals surface area contributed by atoms with Crippen molar-refractivity contribution in [3.63, 3.8) is 0 Å². The highest BCUT2D eigenvalue weighted by atomic mass is 127. The lowest BCUT2D eigenvalue weighted by molar-refractivity contribution is 1.68. The molecule has 0 radical (unpaired) electrons. The predicted molar refractivity (Wildman–Crippen MR) is 103 cm³/mol. The van der Waals surface area contributed by atoms with Crippen LogP contribution in [-0.2, 0) is 0 Å². The van der Waals surface area contributed by atoms with Crippen molar-refractivity contribution >= 4 is 93.4 Å². The molecule has 0 aliphatic carbocycles. The molecule has 3 heteroatoms. The standard InChI is InChI=1S/C16H7BrI2/c17-12-7-9-2-4-10-13(18)6-3-8-1-5-11(16(12)19)15(9)14(8)10/h1-7H. The summed E-state index contributed by atoms with van der Waals surface area (Å²) in [7, 11) is 0. The Morgan fingerprint density at radius 1 is 0.737 bits per heavy atom. The Balaban J connectivity index is 2.44. The molecule has 4 aromatic carbocycles. The second-order valence-electron chi connectivity index (χ2n) is 4.64. The molecule has 0 spiro atoms. The van der Waals surface area contributed by atoms with Crippen LogP contribution in [0, 0.1) is 7.14 Å². The van der Waals surface area contributed by atoms with Crippen LogP contribution in [0.3, 0.4) is 0 Å². The Morgan fingerprint density at radius 2 is 1.37 bits per heavy atom. The maximum atomic E-state index is 3.66. The summed E-state index contributed by atoms with van der Waals surface area (Å²) in [6.45, 7) is 0. The van der Waals surface area contributed by atoms with Gasteiger partial charge < -0.3 is 0 Å². The van der Waals surface area contributed by atoms with Gasteiger partial charge in [0.25, 0.3) is 0 Å². The Kier molecular flexibility index (Phi) is 2.93. The zero-order valence-corrected chi connectivity index (χ0v) is 15.6. The number of benzene rings is 4. The Hall–Kier alpha value is -0.140. The first-order chi connectivity index (χ1) is 9.16. The van der Waals surface area contributed by atoms with Crippen LogP contribution in [0.4, 0.5) is 0 Å². The van der Waals surface area contributed by atoms with Gasteiger partial charge in [-0.3, -0.25) is 0 Å². The van der Waals surface area contributed by atoms with Crippen molar-refractivity contribution in [3.8, 4) is 0 Å². The molecule has 4 aromatic rings. The van der Waals surface area contributed by atoms with Crippen molar-refractivity contribution in [3.05, 3.63) is 54.1 Å². The fourth-order valence-corrected chi connectivity index (χ4v) is 4.47. The smallest absolute Gasteiger partial charge is 0.0351 e. The summed E-state index contributed by atoms with van der Waals surface area (Å²) in [5.74, 6) is 0. The third-order valence-electron chi connectivity index (χ3n) is 3.62. The molecule has 0 nitrogen and oxygen atoms in total. The molecule has 0 amide bonds. The normalized spacial score (nSPS) is 11.9. The van der Waals surface area contributed by atoms with Crippen LogP contribution in [0.1, 0.15) is 0 Å². The molecule has 0 fully saturated rings. The van der Waals surface area contributed by atoms with Gasteiger partial charge in [0.1, 0.15) is 0 Å². The molecule has 4 rings (SSSR count). The number of hydrogen-bond acceptors (Lipinski definition) is 0. The van der Waals surface area contributed by atoms with E-state index in [0.717, 1.165) is 0 Å². The van der Waals surface area contributed by atoms with E-state index in [9.17, 15) is 0 Å². The van der Waals surface area contributed by atoms with Crippen molar-refractivity contribution in [2.24, 2.45) is 0 Å². The molecule has 0 atom stereocenters. The van der Waals surface area contributed by atoms with Gasteiger partial charge >= 0.3 is 0 Å². The van der Waals surface area contributed by atoms with E-state index in [2.05, 4.69) is 104 Å². The monoisotopic (exact) mass is 532 g/mol. The summed E-state index contributed by atoms with van der Waals surface area (Å²) in [4.78, 5) is 0. The summed E-state index contributed by atoms with van der Waals surface area (Å²) in [6.07, 6.45) is 0. The SMILES string of the molecule is Brc1cc2ccc3c(I)ccc4ccc(c1I)c2c43. The zero-order valence-electron chi connectivity index (χ0n) is 9.68. The predicted octanol–water partition coefficient (Wildman–Crippen LogP) is 6.56. The topological polar surface area (TPSA) is 0 Å². The molecule has 0 N–H and O–H groups in total. The maximum absolute atomic E-state index is 3.66. The molecule has 0 bridgehead atoms. The molecule has 19 heavy (non-hydrogen) atoms. The van der Waals surface area contributed by atoms with Gasteiger partial charge in [-0.05, 0) is 106 Å². The Bertz CT molecular complexity index is 944. The third-order valence-corrected chi connectivity index (χ3v) is 7.09. The fraction of sp³-hybridized carbons (Fsp3) is 0. The van der Waals surface area contributed by atoms with E-state index in [4.69, 9.17) is 0 Å². The van der Waals surface area contributed by atoms with E-state index < -0.39 is 0 Å². The van der Waals surface area contributed by atoms with Crippen LogP contribution in [0.5, 0.6) is 0 Å². The van der Waals surface area contributed by atoms with Crippen molar-refractivity contribution in [1.29, 1.82) is 0 Å². The first-order valence-corrected chi connectivity index (χ1v) is 8.83. The van der Waals surface area contributed by atoms with Gasteiger partial charge in [0, 0.05) is 11.6 Å². The van der Waals surface area contributed by atoms with E-state index in [0.29, 0.717) is 0 Å². The molecule has 92 valence electrons. The number of hydrogen-bond donors (Lipinski definition) is 0.